The number of carbonyl (C=O) groups excluding carboxylic acids is 1. The molecule has 5 rings (SSSR count). The van der Waals surface area contributed by atoms with Crippen molar-refractivity contribution in [3.8, 4) is 0 Å². The summed E-state index contributed by atoms with van der Waals surface area (Å²) in [5.74, 6) is 1.63. The Kier molecular flexibility index (Phi) is 3.00. The molecule has 21 heavy (non-hydrogen) atoms. The zero-order chi connectivity index (χ0) is 14.5. The van der Waals surface area contributed by atoms with Crippen LogP contribution in [-0.4, -0.2) is 21.8 Å². The van der Waals surface area contributed by atoms with Gasteiger partial charge in [0, 0.05) is 5.54 Å². The van der Waals surface area contributed by atoms with Crippen LogP contribution in [-0.2, 0) is 0 Å². The van der Waals surface area contributed by atoms with Crippen LogP contribution in [0.15, 0.2) is 5.51 Å². The normalized spacial score (nSPS) is 40.2. The Morgan fingerprint density at radius 1 is 1.38 bits per heavy atom. The van der Waals surface area contributed by atoms with Crippen LogP contribution in [0, 0.1) is 17.3 Å². The van der Waals surface area contributed by atoms with Crippen LogP contribution in [0.2, 0.25) is 0 Å². The molecule has 1 heterocycles. The summed E-state index contributed by atoms with van der Waals surface area (Å²) in [7, 11) is 0. The average Bonchev–Trinajstić information content (AvgIpc) is 2.89. The van der Waals surface area contributed by atoms with Crippen molar-refractivity contribution in [1.29, 1.82) is 0 Å². The van der Waals surface area contributed by atoms with Crippen molar-refractivity contribution in [1.82, 2.24) is 15.5 Å². The smallest absolute Gasteiger partial charge is 0.321 e. The average molecular weight is 306 g/mol. The number of rotatable bonds is 3. The highest BCUT2D eigenvalue weighted by Crippen LogP contribution is 2.62. The number of anilines is 1. The lowest BCUT2D eigenvalue weighted by molar-refractivity contribution is -0.0779. The summed E-state index contributed by atoms with van der Waals surface area (Å²) >= 11 is 1.35. The number of hydrogen-bond donors (Lipinski definition) is 2. The molecule has 0 aliphatic heterocycles. The third-order valence-electron chi connectivity index (χ3n) is 5.89. The van der Waals surface area contributed by atoms with E-state index in [1.165, 1.54) is 37.0 Å². The van der Waals surface area contributed by atoms with Gasteiger partial charge in [0.1, 0.15) is 5.51 Å². The van der Waals surface area contributed by atoms with Crippen molar-refractivity contribution in [3.05, 3.63) is 5.51 Å². The lowest BCUT2D eigenvalue weighted by Gasteiger charge is -2.62. The summed E-state index contributed by atoms with van der Waals surface area (Å²) in [4.78, 5) is 12.3. The molecule has 2 amide bonds. The van der Waals surface area contributed by atoms with Gasteiger partial charge >= 0.3 is 6.03 Å². The third-order valence-corrected chi connectivity index (χ3v) is 6.50. The van der Waals surface area contributed by atoms with Crippen LogP contribution in [0.25, 0.3) is 0 Å². The summed E-state index contributed by atoms with van der Waals surface area (Å²) in [5.41, 5.74) is 2.14. The van der Waals surface area contributed by atoms with Crippen molar-refractivity contribution in [3.63, 3.8) is 0 Å². The third kappa shape index (κ3) is 2.33. The van der Waals surface area contributed by atoms with Gasteiger partial charge in [-0.1, -0.05) is 24.7 Å². The largest absolute Gasteiger partial charge is 0.332 e. The standard InChI is InChI=1S/C15H22N4OS/c1-2-14-4-10-3-11(5-14)7-15(6-10,8-14)18-12(20)17-13-19-16-9-21-13/h9-11H,2-8H2,1H3,(H2,17,18,19,20)/t10-,11-,14?,15?/m1/s1. The van der Waals surface area contributed by atoms with Gasteiger partial charge in [0.2, 0.25) is 5.13 Å². The van der Waals surface area contributed by atoms with Gasteiger partial charge in [-0.3, -0.25) is 5.32 Å². The van der Waals surface area contributed by atoms with Gasteiger partial charge in [-0.2, -0.15) is 0 Å². The molecule has 1 aromatic heterocycles. The zero-order valence-electron chi connectivity index (χ0n) is 12.4. The van der Waals surface area contributed by atoms with Crippen molar-refractivity contribution in [2.45, 2.75) is 57.4 Å². The fourth-order valence-corrected chi connectivity index (χ4v) is 6.05. The number of aromatic nitrogens is 2. The highest BCUT2D eigenvalue weighted by molar-refractivity contribution is 7.13. The number of hydrogen-bond acceptors (Lipinski definition) is 4. The molecule has 4 bridgehead atoms. The molecule has 4 saturated carbocycles. The highest BCUT2D eigenvalue weighted by atomic mass is 32.1. The van der Waals surface area contributed by atoms with Crippen LogP contribution in [0.5, 0.6) is 0 Å². The van der Waals surface area contributed by atoms with Crippen LogP contribution < -0.4 is 10.6 Å². The Labute approximate surface area is 128 Å². The first-order valence-electron chi connectivity index (χ1n) is 7.96. The van der Waals surface area contributed by atoms with E-state index in [9.17, 15) is 4.79 Å². The minimum absolute atomic E-state index is 0.0227. The van der Waals surface area contributed by atoms with E-state index in [0.717, 1.165) is 31.1 Å². The molecule has 0 radical (unpaired) electrons. The molecule has 4 aliphatic rings. The molecule has 114 valence electrons. The molecule has 0 aromatic carbocycles. The molecule has 2 atom stereocenters. The quantitative estimate of drug-likeness (QED) is 0.899. The van der Waals surface area contributed by atoms with Gasteiger partial charge in [-0.15, -0.1) is 10.2 Å². The fourth-order valence-electron chi connectivity index (χ4n) is 5.61. The van der Waals surface area contributed by atoms with Crippen LogP contribution in [0.1, 0.15) is 51.9 Å². The molecule has 0 spiro atoms. The predicted octanol–water partition coefficient (Wildman–Crippen LogP) is 3.41. The maximum atomic E-state index is 12.3. The molecule has 6 heteroatoms. The molecule has 4 fully saturated rings. The first-order valence-corrected chi connectivity index (χ1v) is 8.84. The minimum Gasteiger partial charge on any atom is -0.332 e. The second-order valence-electron chi connectivity index (χ2n) is 7.42. The molecular weight excluding hydrogens is 284 g/mol. The summed E-state index contributed by atoms with van der Waals surface area (Å²) in [6.07, 6.45) is 8.87. The maximum Gasteiger partial charge on any atom is 0.321 e. The molecule has 2 N–H and O–H groups in total. The van der Waals surface area contributed by atoms with Crippen molar-refractivity contribution >= 4 is 22.5 Å². The van der Waals surface area contributed by atoms with E-state index in [1.807, 2.05) is 0 Å². The summed E-state index contributed by atoms with van der Waals surface area (Å²) in [6.45, 7) is 2.32. The Balaban J connectivity index is 1.50. The number of nitrogens with zero attached hydrogens (tertiary/aromatic N) is 2. The molecular formula is C15H22N4OS. The van der Waals surface area contributed by atoms with Gasteiger partial charge in [-0.25, -0.2) is 4.79 Å². The number of carbonyl (C=O) groups is 1. The van der Waals surface area contributed by atoms with Gasteiger partial charge in [0.25, 0.3) is 0 Å². The van der Waals surface area contributed by atoms with Crippen LogP contribution in [0.4, 0.5) is 9.93 Å². The zero-order valence-corrected chi connectivity index (χ0v) is 13.2. The second-order valence-corrected chi connectivity index (χ2v) is 8.25. The number of urea groups is 1. The molecule has 0 saturated heterocycles. The van der Waals surface area contributed by atoms with E-state index >= 15 is 0 Å². The Bertz CT molecular complexity index is 530. The van der Waals surface area contributed by atoms with Gasteiger partial charge in [0.15, 0.2) is 0 Å². The first-order chi connectivity index (χ1) is 10.1. The lowest BCUT2D eigenvalue weighted by atomic mass is 9.46. The molecule has 4 aliphatic carbocycles. The monoisotopic (exact) mass is 306 g/mol. The van der Waals surface area contributed by atoms with E-state index in [0.29, 0.717) is 10.5 Å². The minimum atomic E-state index is -0.111. The molecule has 1 aromatic rings. The lowest BCUT2D eigenvalue weighted by Crippen LogP contribution is -2.63. The highest BCUT2D eigenvalue weighted by Gasteiger charge is 2.57. The summed E-state index contributed by atoms with van der Waals surface area (Å²) < 4.78 is 0. The SMILES string of the molecule is CCC12C[C@H]3C[C@H](C1)CC(NC(=O)Nc1nncs1)(C3)C2. The fraction of sp³-hybridized carbons (Fsp3) is 0.800. The Morgan fingerprint density at radius 2 is 2.14 bits per heavy atom. The van der Waals surface area contributed by atoms with Crippen molar-refractivity contribution in [2.24, 2.45) is 17.3 Å². The van der Waals surface area contributed by atoms with Crippen LogP contribution >= 0.6 is 11.3 Å². The Morgan fingerprint density at radius 3 is 2.76 bits per heavy atom. The first kappa shape index (κ1) is 13.5. The Hall–Kier alpha value is -1.17. The number of nitrogens with one attached hydrogen (secondary N) is 2. The molecule has 0 unspecified atom stereocenters. The van der Waals surface area contributed by atoms with Crippen LogP contribution in [0.3, 0.4) is 0 Å². The summed E-state index contributed by atoms with van der Waals surface area (Å²) in [5, 5.41) is 14.3. The van der Waals surface area contributed by atoms with Gasteiger partial charge in [-0.05, 0) is 55.8 Å². The second kappa shape index (κ2) is 4.66. The number of amides is 2. The van der Waals surface area contributed by atoms with E-state index in [-0.39, 0.29) is 11.6 Å². The van der Waals surface area contributed by atoms with Gasteiger partial charge < -0.3 is 5.32 Å². The van der Waals surface area contributed by atoms with E-state index in [1.54, 1.807) is 5.51 Å². The van der Waals surface area contributed by atoms with Crippen molar-refractivity contribution in [2.75, 3.05) is 5.32 Å². The van der Waals surface area contributed by atoms with E-state index in [4.69, 9.17) is 0 Å². The summed E-state index contributed by atoms with van der Waals surface area (Å²) in [6, 6.07) is -0.111. The predicted molar refractivity (Wildman–Crippen MR) is 82.2 cm³/mol. The van der Waals surface area contributed by atoms with Gasteiger partial charge in [0.05, 0.1) is 0 Å². The maximum absolute atomic E-state index is 12.3. The van der Waals surface area contributed by atoms with Crippen molar-refractivity contribution < 1.29 is 4.79 Å². The van der Waals surface area contributed by atoms with E-state index < -0.39 is 0 Å². The van der Waals surface area contributed by atoms with E-state index in [2.05, 4.69) is 27.8 Å². The topological polar surface area (TPSA) is 66.9 Å². The molecule has 5 nitrogen and oxygen atoms in total.